The van der Waals surface area contributed by atoms with Gasteiger partial charge in [0.25, 0.3) is 0 Å². The quantitative estimate of drug-likeness (QED) is 0.646. The van der Waals surface area contributed by atoms with Gasteiger partial charge >= 0.3 is 58.8 Å². The topological polar surface area (TPSA) is 90.1 Å². The molecule has 0 spiro atoms. The molecule has 0 atom stereocenters. The summed E-state index contributed by atoms with van der Waals surface area (Å²) in [7, 11) is 17.6. The van der Waals surface area contributed by atoms with Crippen LogP contribution in [0, 0.1) is 0 Å². The van der Waals surface area contributed by atoms with E-state index in [4.69, 9.17) is 47.1 Å². The molecule has 0 saturated carbocycles. The summed E-state index contributed by atoms with van der Waals surface area (Å²) in [5.74, 6) is 0. The van der Waals surface area contributed by atoms with E-state index in [0.29, 0.717) is 0 Å². The average molecular weight is 325 g/mol. The van der Waals surface area contributed by atoms with E-state index in [9.17, 15) is 3.40 Å². The Morgan fingerprint density at radius 1 is 0.778 bits per heavy atom. The van der Waals surface area contributed by atoms with Crippen molar-refractivity contribution in [2.24, 2.45) is 0 Å². The van der Waals surface area contributed by atoms with Crippen molar-refractivity contribution in [2.45, 2.75) is 0 Å². The first-order valence-corrected chi connectivity index (χ1v) is 14.7. The number of quaternary nitrogens is 2. The van der Waals surface area contributed by atoms with Crippen molar-refractivity contribution in [2.75, 3.05) is 0 Å². The summed E-state index contributed by atoms with van der Waals surface area (Å²) >= 11 is 0. The van der Waals surface area contributed by atoms with Gasteiger partial charge in [-0.3, -0.25) is 0 Å². The van der Waals surface area contributed by atoms with Gasteiger partial charge < -0.3 is 12.3 Å². The third-order valence-electron chi connectivity index (χ3n) is 0. The summed E-state index contributed by atoms with van der Waals surface area (Å²) in [4.78, 5) is 0. The Bertz CT molecular complexity index is 133. The molecular weight excluding hydrogens is 317 g/mol. The van der Waals surface area contributed by atoms with Gasteiger partial charge in [-0.2, -0.15) is 0 Å². The zero-order valence-electron chi connectivity index (χ0n) is 4.71. The Balaban J connectivity index is -0.000000180. The summed E-state index contributed by atoms with van der Waals surface area (Å²) < 4.78 is 10.3. The molecule has 65 valence electrons. The van der Waals surface area contributed by atoms with E-state index >= 15 is 0 Å². The van der Waals surface area contributed by atoms with Gasteiger partial charge in [-0.15, -0.1) is 0 Å². The van der Waals surface area contributed by atoms with Crippen LogP contribution >= 0.6 is 47.1 Å². The van der Waals surface area contributed by atoms with E-state index in [-0.39, 0.29) is 12.3 Å². The second-order valence-corrected chi connectivity index (χ2v) is 36.6. The zero-order chi connectivity index (χ0) is 6.41. The van der Waals surface area contributed by atoms with E-state index in [1.165, 1.54) is 0 Å². The van der Waals surface area contributed by atoms with Crippen LogP contribution in [0.4, 0.5) is 0 Å². The van der Waals surface area contributed by atoms with Gasteiger partial charge in [-0.1, -0.05) is 0 Å². The third-order valence-corrected chi connectivity index (χ3v) is 0. The molecule has 0 aliphatic carbocycles. The van der Waals surface area contributed by atoms with E-state index in [1.807, 2.05) is 0 Å². The summed E-state index contributed by atoms with van der Waals surface area (Å²) in [6.45, 7) is 0. The first-order valence-electron chi connectivity index (χ1n) is 0.938. The second kappa shape index (κ2) is 2.72. The standard InChI is InChI=1S/5ClH.Mo.2H3N.O/h5*1H;;2*1H3;/q;;;;;+3;;;/p-3. The number of hydrogen-bond acceptors (Lipinski definition) is 1. The van der Waals surface area contributed by atoms with Crippen molar-refractivity contribution in [3.63, 3.8) is 0 Å². The Morgan fingerprint density at radius 3 is 0.778 bits per heavy atom. The van der Waals surface area contributed by atoms with Gasteiger partial charge in [0.05, 0.1) is 0 Å². The van der Waals surface area contributed by atoms with Crippen LogP contribution < -0.4 is 12.3 Å². The predicted molar refractivity (Wildman–Crippen MR) is 41.9 cm³/mol. The van der Waals surface area contributed by atoms with Gasteiger partial charge in [0.15, 0.2) is 0 Å². The summed E-state index contributed by atoms with van der Waals surface area (Å²) in [6.07, 6.45) is 0. The molecule has 0 aromatic heterocycles. The van der Waals surface area contributed by atoms with Crippen molar-refractivity contribution in [1.29, 1.82) is 0 Å². The van der Waals surface area contributed by atoms with Crippen molar-refractivity contribution in [3.8, 4) is 0 Å². The SMILES string of the molecule is [NH4+].[NH4+].[O]=[Mo-2]([Cl])([Cl])([Cl])([Cl])[Cl]. The van der Waals surface area contributed by atoms with Gasteiger partial charge in [-0.25, -0.2) is 0 Å². The van der Waals surface area contributed by atoms with Crippen LogP contribution in [0.2, 0.25) is 0 Å². The molecule has 0 amide bonds. The van der Waals surface area contributed by atoms with Crippen LogP contribution in [0.15, 0.2) is 0 Å². The van der Waals surface area contributed by atoms with Crippen molar-refractivity contribution in [3.05, 3.63) is 0 Å². The molecule has 0 rings (SSSR count). The second-order valence-electron chi connectivity index (χ2n) is 0.898. The average Bonchev–Trinajstić information content (AvgIpc) is 0.592. The Kier molecular flexibility index (Phi) is 5.17. The molecule has 0 aliphatic rings. The molecule has 0 heterocycles. The summed E-state index contributed by atoms with van der Waals surface area (Å²) in [6, 6.07) is 0. The number of halogens is 5. The fraction of sp³-hybridized carbons (Fsp3) is 0. The molecule has 0 fully saturated rings. The Hall–Kier alpha value is 1.86. The molecule has 9 heavy (non-hydrogen) atoms. The van der Waals surface area contributed by atoms with Crippen molar-refractivity contribution in [1.82, 2.24) is 12.3 Å². The molecule has 9 heteroatoms. The summed E-state index contributed by atoms with van der Waals surface area (Å²) in [5.41, 5.74) is 0. The van der Waals surface area contributed by atoms with E-state index in [2.05, 4.69) is 0 Å². The molecule has 3 nitrogen and oxygen atoms in total. The first-order chi connectivity index (χ1) is 2.45. The van der Waals surface area contributed by atoms with E-state index in [0.717, 1.165) is 0 Å². The molecule has 0 bridgehead atoms. The monoisotopic (exact) mass is 325 g/mol. The van der Waals surface area contributed by atoms with Crippen molar-refractivity contribution >= 4 is 47.1 Å². The van der Waals surface area contributed by atoms with E-state index < -0.39 is 8.32 Å². The van der Waals surface area contributed by atoms with Gasteiger partial charge in [-0.05, 0) is 0 Å². The van der Waals surface area contributed by atoms with Crippen LogP contribution in [0.3, 0.4) is 0 Å². The molecule has 8 N–H and O–H groups in total. The Labute approximate surface area is 70.5 Å². The van der Waals surface area contributed by atoms with Crippen LogP contribution in [0.1, 0.15) is 0 Å². The first kappa shape index (κ1) is 17.1. The molecule has 0 saturated heterocycles. The number of hydrogen-bond donors (Lipinski definition) is 2. The molecule has 0 aromatic carbocycles. The van der Waals surface area contributed by atoms with Crippen molar-refractivity contribution < 1.29 is 11.7 Å². The van der Waals surface area contributed by atoms with Gasteiger partial charge in [0, 0.05) is 0 Å². The summed E-state index contributed by atoms with van der Waals surface area (Å²) in [5, 5.41) is 0. The molecule has 0 aliphatic heterocycles. The molecule has 0 aromatic rings. The zero-order valence-corrected chi connectivity index (χ0v) is 10.5. The fourth-order valence-electron chi connectivity index (χ4n) is 0. The maximum atomic E-state index is 10.3. The Morgan fingerprint density at radius 2 is 0.778 bits per heavy atom. The number of rotatable bonds is 0. The minimum atomic E-state index is -6.07. The fourth-order valence-corrected chi connectivity index (χ4v) is 0. The minimum absolute atomic E-state index is 0. The van der Waals surface area contributed by atoms with Crippen LogP contribution in [0.25, 0.3) is 0 Å². The predicted octanol–water partition coefficient (Wildman–Crippen LogP) is 4.08. The third kappa shape index (κ3) is 176. The molecular formula is H8Cl5MoN2O. The normalized spacial score (nSPS) is 17.9. The van der Waals surface area contributed by atoms with Crippen LogP contribution in [-0.2, 0) is 11.7 Å². The molecule has 0 unspecified atom stereocenters. The van der Waals surface area contributed by atoms with Crippen LogP contribution in [-0.4, -0.2) is 0 Å². The van der Waals surface area contributed by atoms with Crippen LogP contribution in [0.5, 0.6) is 0 Å². The van der Waals surface area contributed by atoms with E-state index in [1.54, 1.807) is 0 Å². The maximum absolute atomic E-state index is 10.3. The van der Waals surface area contributed by atoms with Gasteiger partial charge in [0.2, 0.25) is 0 Å². The molecule has 0 radical (unpaired) electrons. The van der Waals surface area contributed by atoms with Gasteiger partial charge in [0.1, 0.15) is 0 Å².